The first-order valence-corrected chi connectivity index (χ1v) is 7.84. The monoisotopic (exact) mass is 302 g/mol. The fourth-order valence-corrected chi connectivity index (χ4v) is 3.21. The zero-order valence-corrected chi connectivity index (χ0v) is 12.7. The van der Waals surface area contributed by atoms with Crippen molar-refractivity contribution in [2.24, 2.45) is 0 Å². The van der Waals surface area contributed by atoms with Gasteiger partial charge in [-0.05, 0) is 30.7 Å². The van der Waals surface area contributed by atoms with Crippen LogP contribution in [0, 0.1) is 6.92 Å². The van der Waals surface area contributed by atoms with E-state index in [4.69, 9.17) is 4.74 Å². The number of hydrogen-bond acceptors (Lipinski definition) is 3. The maximum absolute atomic E-state index is 11.8. The second kappa shape index (κ2) is 6.18. The van der Waals surface area contributed by atoms with Gasteiger partial charge in [-0.25, -0.2) is 4.79 Å². The van der Waals surface area contributed by atoms with E-state index in [0.717, 1.165) is 17.0 Å². The Morgan fingerprint density at radius 3 is 2.90 bits per heavy atom. The van der Waals surface area contributed by atoms with Gasteiger partial charge in [0, 0.05) is 16.2 Å². The molecule has 2 heterocycles. The molecule has 110 valence electrons. The van der Waals surface area contributed by atoms with Crippen LogP contribution in [0.25, 0.3) is 0 Å². The van der Waals surface area contributed by atoms with Crippen molar-refractivity contribution in [3.63, 3.8) is 0 Å². The van der Waals surface area contributed by atoms with Crippen LogP contribution in [-0.2, 0) is 13.0 Å². The molecule has 1 aliphatic heterocycles. The molecule has 0 fully saturated rings. The van der Waals surface area contributed by atoms with Gasteiger partial charge in [0.2, 0.25) is 0 Å². The molecular formula is C16H18N2O2S. The fraction of sp³-hybridized carbons (Fsp3) is 0.312. The minimum Gasteiger partial charge on any atom is -0.488 e. The smallest absolute Gasteiger partial charge is 0.315 e. The minimum atomic E-state index is -0.152. The molecule has 0 radical (unpaired) electrons. The van der Waals surface area contributed by atoms with Gasteiger partial charge >= 0.3 is 6.03 Å². The number of urea groups is 1. The van der Waals surface area contributed by atoms with Gasteiger partial charge in [0.1, 0.15) is 11.9 Å². The molecule has 1 atom stereocenters. The van der Waals surface area contributed by atoms with Crippen molar-refractivity contribution < 1.29 is 9.53 Å². The van der Waals surface area contributed by atoms with E-state index in [-0.39, 0.29) is 12.1 Å². The summed E-state index contributed by atoms with van der Waals surface area (Å²) in [5.41, 5.74) is 1.21. The molecule has 2 amide bonds. The number of rotatable bonds is 4. The number of carbonyl (C=O) groups is 1. The summed E-state index contributed by atoms with van der Waals surface area (Å²) in [7, 11) is 0. The maximum Gasteiger partial charge on any atom is 0.315 e. The number of benzene rings is 1. The number of ether oxygens (including phenoxy) is 1. The molecule has 21 heavy (non-hydrogen) atoms. The Labute approximate surface area is 128 Å². The first kappa shape index (κ1) is 13.9. The van der Waals surface area contributed by atoms with E-state index in [0.29, 0.717) is 13.1 Å². The minimum absolute atomic E-state index is 0.0251. The standard InChI is InChI=1S/C16H18N2O2S/c1-11-6-7-14(21-11)10-18-16(19)17-9-13-8-12-4-2-3-5-15(12)20-13/h2-7,13H,8-10H2,1H3,(H2,17,18,19)/t13-/m1/s1. The van der Waals surface area contributed by atoms with Crippen LogP contribution in [0.4, 0.5) is 4.79 Å². The lowest BCUT2D eigenvalue weighted by Gasteiger charge is -2.12. The summed E-state index contributed by atoms with van der Waals surface area (Å²) in [6.07, 6.45) is 0.873. The van der Waals surface area contributed by atoms with E-state index in [1.807, 2.05) is 24.3 Å². The van der Waals surface area contributed by atoms with Crippen LogP contribution in [0.3, 0.4) is 0 Å². The van der Waals surface area contributed by atoms with E-state index in [1.165, 1.54) is 10.4 Å². The molecule has 5 heteroatoms. The average Bonchev–Trinajstić information content (AvgIpc) is 3.08. The predicted octanol–water partition coefficient (Wildman–Crippen LogP) is 2.86. The summed E-state index contributed by atoms with van der Waals surface area (Å²) in [5, 5.41) is 5.73. The zero-order valence-electron chi connectivity index (χ0n) is 11.9. The second-order valence-electron chi connectivity index (χ2n) is 5.13. The Bertz CT molecular complexity index is 614. The third kappa shape index (κ3) is 3.55. The van der Waals surface area contributed by atoms with Crippen molar-refractivity contribution in [1.29, 1.82) is 0 Å². The number of fused-ring (bicyclic) bond motifs is 1. The summed E-state index contributed by atoms with van der Waals surface area (Å²) >= 11 is 1.70. The quantitative estimate of drug-likeness (QED) is 0.912. The highest BCUT2D eigenvalue weighted by Crippen LogP contribution is 2.27. The Hall–Kier alpha value is -2.01. The van der Waals surface area contributed by atoms with Crippen molar-refractivity contribution in [3.05, 3.63) is 51.7 Å². The number of nitrogens with one attached hydrogen (secondary N) is 2. The molecule has 2 N–H and O–H groups in total. The number of carbonyl (C=O) groups excluding carboxylic acids is 1. The molecule has 1 aromatic carbocycles. The van der Waals surface area contributed by atoms with E-state index in [2.05, 4.69) is 29.7 Å². The molecule has 0 aliphatic carbocycles. The van der Waals surface area contributed by atoms with Gasteiger partial charge in [-0.15, -0.1) is 11.3 Å². The lowest BCUT2D eigenvalue weighted by atomic mass is 10.1. The second-order valence-corrected chi connectivity index (χ2v) is 6.50. The lowest BCUT2D eigenvalue weighted by molar-refractivity contribution is 0.214. The third-order valence-electron chi connectivity index (χ3n) is 3.42. The highest BCUT2D eigenvalue weighted by molar-refractivity contribution is 7.11. The van der Waals surface area contributed by atoms with Crippen molar-refractivity contribution in [2.75, 3.05) is 6.54 Å². The SMILES string of the molecule is Cc1ccc(CNC(=O)NC[C@H]2Cc3ccccc3O2)s1. The molecule has 0 bridgehead atoms. The van der Waals surface area contributed by atoms with Crippen molar-refractivity contribution in [3.8, 4) is 5.75 Å². The van der Waals surface area contributed by atoms with E-state index < -0.39 is 0 Å². The highest BCUT2D eigenvalue weighted by atomic mass is 32.1. The first-order valence-electron chi connectivity index (χ1n) is 7.02. The van der Waals surface area contributed by atoms with Crippen molar-refractivity contribution in [1.82, 2.24) is 10.6 Å². The van der Waals surface area contributed by atoms with Gasteiger partial charge in [-0.3, -0.25) is 0 Å². The first-order chi connectivity index (χ1) is 10.2. The highest BCUT2D eigenvalue weighted by Gasteiger charge is 2.22. The Morgan fingerprint density at radius 1 is 1.29 bits per heavy atom. The summed E-state index contributed by atoms with van der Waals surface area (Å²) < 4.78 is 5.78. The molecule has 1 aromatic heterocycles. The average molecular weight is 302 g/mol. The van der Waals surface area contributed by atoms with Crippen LogP contribution >= 0.6 is 11.3 Å². The van der Waals surface area contributed by atoms with E-state index in [1.54, 1.807) is 11.3 Å². The Kier molecular flexibility index (Phi) is 4.10. The summed E-state index contributed by atoms with van der Waals surface area (Å²) in [6, 6.07) is 11.9. The number of thiophene rings is 1. The van der Waals surface area contributed by atoms with Gasteiger partial charge < -0.3 is 15.4 Å². The van der Waals surface area contributed by atoms with Crippen molar-refractivity contribution >= 4 is 17.4 Å². The maximum atomic E-state index is 11.8. The van der Waals surface area contributed by atoms with Gasteiger partial charge in [-0.1, -0.05) is 18.2 Å². The molecule has 1 aliphatic rings. The largest absolute Gasteiger partial charge is 0.488 e. The lowest BCUT2D eigenvalue weighted by Crippen LogP contribution is -2.40. The van der Waals surface area contributed by atoms with Gasteiger partial charge in [0.15, 0.2) is 0 Å². The topological polar surface area (TPSA) is 50.4 Å². The van der Waals surface area contributed by atoms with Crippen LogP contribution in [0.5, 0.6) is 5.75 Å². The van der Waals surface area contributed by atoms with Gasteiger partial charge in [0.25, 0.3) is 0 Å². The summed E-state index contributed by atoms with van der Waals surface area (Å²) in [5.74, 6) is 0.929. The molecule has 3 rings (SSSR count). The molecule has 4 nitrogen and oxygen atoms in total. The molecular weight excluding hydrogens is 284 g/mol. The summed E-state index contributed by atoms with van der Waals surface area (Å²) in [6.45, 7) is 3.14. The van der Waals surface area contributed by atoms with Crippen LogP contribution in [-0.4, -0.2) is 18.7 Å². The number of aryl methyl sites for hydroxylation is 1. The van der Waals surface area contributed by atoms with Crippen LogP contribution in [0.1, 0.15) is 15.3 Å². The van der Waals surface area contributed by atoms with Crippen LogP contribution in [0.15, 0.2) is 36.4 Å². The Balaban J connectivity index is 1.41. The number of para-hydroxylation sites is 1. The number of amides is 2. The molecule has 2 aromatic rings. The predicted molar refractivity (Wildman–Crippen MR) is 83.9 cm³/mol. The van der Waals surface area contributed by atoms with E-state index in [9.17, 15) is 4.79 Å². The number of hydrogen-bond donors (Lipinski definition) is 2. The third-order valence-corrected chi connectivity index (χ3v) is 4.42. The fourth-order valence-electron chi connectivity index (χ4n) is 2.38. The van der Waals surface area contributed by atoms with Crippen LogP contribution < -0.4 is 15.4 Å². The van der Waals surface area contributed by atoms with E-state index >= 15 is 0 Å². The van der Waals surface area contributed by atoms with Crippen LogP contribution in [0.2, 0.25) is 0 Å². The van der Waals surface area contributed by atoms with Gasteiger partial charge in [0.05, 0.1) is 13.1 Å². The zero-order chi connectivity index (χ0) is 14.7. The molecule has 0 saturated heterocycles. The normalized spacial score (nSPS) is 16.1. The molecule has 0 spiro atoms. The Morgan fingerprint density at radius 2 is 2.14 bits per heavy atom. The molecule has 0 unspecified atom stereocenters. The van der Waals surface area contributed by atoms with Crippen molar-refractivity contribution in [2.45, 2.75) is 26.0 Å². The summed E-state index contributed by atoms with van der Waals surface area (Å²) in [4.78, 5) is 14.2. The molecule has 0 saturated carbocycles. The van der Waals surface area contributed by atoms with Gasteiger partial charge in [-0.2, -0.15) is 0 Å².